The van der Waals surface area contributed by atoms with Crippen LogP contribution in [0, 0.1) is 21.4 Å². The first-order chi connectivity index (χ1) is 8.51. The van der Waals surface area contributed by atoms with Crippen LogP contribution in [0.3, 0.4) is 0 Å². The maximum Gasteiger partial charge on any atom is 0.310 e. The second kappa shape index (κ2) is 5.98. The summed E-state index contributed by atoms with van der Waals surface area (Å²) in [4.78, 5) is 21.4. The molecule has 0 aliphatic heterocycles. The summed E-state index contributed by atoms with van der Waals surface area (Å²) in [5.74, 6) is -0.587. The Labute approximate surface area is 108 Å². The van der Waals surface area contributed by atoms with Gasteiger partial charge in [0.2, 0.25) is 0 Å². The van der Waals surface area contributed by atoms with Gasteiger partial charge >= 0.3 is 5.97 Å². The first kappa shape index (κ1) is 13.9. The smallest absolute Gasteiger partial charge is 0.310 e. The van der Waals surface area contributed by atoms with Gasteiger partial charge in [-0.1, -0.05) is 11.6 Å². The highest BCUT2D eigenvalue weighted by Gasteiger charge is 2.21. The molecule has 0 fully saturated rings. The van der Waals surface area contributed by atoms with E-state index in [0.717, 1.165) is 6.07 Å². The highest BCUT2D eigenvalue weighted by Crippen LogP contribution is 2.30. The van der Waals surface area contributed by atoms with Crippen LogP contribution in [0.1, 0.15) is 18.1 Å². The van der Waals surface area contributed by atoms with Gasteiger partial charge in [-0.3, -0.25) is 14.9 Å². The largest absolute Gasteiger partial charge is 0.466 e. The van der Waals surface area contributed by atoms with Gasteiger partial charge in [0.15, 0.2) is 0 Å². The standard InChI is InChI=1S/C11H9ClN2O4/c1-2-18-10(15)5-8-7(6-13)3-4-9(11(8)12)14(16)17/h3-4H,2,5H2,1H3. The fourth-order valence-corrected chi connectivity index (χ4v) is 1.68. The number of rotatable bonds is 4. The van der Waals surface area contributed by atoms with Gasteiger partial charge in [-0.05, 0) is 13.0 Å². The summed E-state index contributed by atoms with van der Waals surface area (Å²) in [6.45, 7) is 1.82. The summed E-state index contributed by atoms with van der Waals surface area (Å²) in [7, 11) is 0. The highest BCUT2D eigenvalue weighted by molar-refractivity contribution is 6.33. The van der Waals surface area contributed by atoms with Crippen LogP contribution < -0.4 is 0 Å². The topological polar surface area (TPSA) is 93.2 Å². The predicted octanol–water partition coefficient (Wildman–Crippen LogP) is 2.23. The van der Waals surface area contributed by atoms with Crippen molar-refractivity contribution in [1.82, 2.24) is 0 Å². The van der Waals surface area contributed by atoms with Gasteiger partial charge in [0.25, 0.3) is 5.69 Å². The van der Waals surface area contributed by atoms with Crippen molar-refractivity contribution in [2.24, 2.45) is 0 Å². The molecule has 0 saturated heterocycles. The van der Waals surface area contributed by atoms with E-state index in [1.807, 2.05) is 6.07 Å². The summed E-state index contributed by atoms with van der Waals surface area (Å²) in [6, 6.07) is 4.23. The van der Waals surface area contributed by atoms with Gasteiger partial charge in [-0.25, -0.2) is 0 Å². The van der Waals surface area contributed by atoms with Crippen molar-refractivity contribution in [2.45, 2.75) is 13.3 Å². The summed E-state index contributed by atoms with van der Waals surface area (Å²) in [5.41, 5.74) is -0.0968. The number of nitrogens with zero attached hydrogens (tertiary/aromatic N) is 2. The molecule has 1 aromatic carbocycles. The molecule has 1 aromatic rings. The molecule has 0 aliphatic rings. The molecule has 94 valence electrons. The molecule has 0 N–H and O–H groups in total. The number of nitro benzene ring substituents is 1. The van der Waals surface area contributed by atoms with Crippen LogP contribution in [0.25, 0.3) is 0 Å². The van der Waals surface area contributed by atoms with Crippen molar-refractivity contribution in [2.75, 3.05) is 6.61 Å². The third-order valence-electron chi connectivity index (χ3n) is 2.17. The summed E-state index contributed by atoms with van der Waals surface area (Å²) in [5, 5.41) is 19.4. The molecule has 0 spiro atoms. The van der Waals surface area contributed by atoms with E-state index in [1.165, 1.54) is 6.07 Å². The van der Waals surface area contributed by atoms with Crippen molar-refractivity contribution in [3.8, 4) is 6.07 Å². The van der Waals surface area contributed by atoms with Crippen molar-refractivity contribution < 1.29 is 14.5 Å². The van der Waals surface area contributed by atoms with Gasteiger partial charge in [-0.15, -0.1) is 0 Å². The number of halogens is 1. The molecule has 7 heteroatoms. The summed E-state index contributed by atoms with van der Waals surface area (Å²) < 4.78 is 4.72. The quantitative estimate of drug-likeness (QED) is 0.474. The number of ether oxygens (including phenoxy) is 1. The third-order valence-corrected chi connectivity index (χ3v) is 2.59. The van der Waals surface area contributed by atoms with E-state index < -0.39 is 10.9 Å². The SMILES string of the molecule is CCOC(=O)Cc1c(C#N)ccc([N+](=O)[O-])c1Cl. The van der Waals surface area contributed by atoms with Crippen LogP contribution in [0.15, 0.2) is 12.1 Å². The van der Waals surface area contributed by atoms with Crippen molar-refractivity contribution in [1.29, 1.82) is 5.26 Å². The fraction of sp³-hybridized carbons (Fsp3) is 0.273. The fourth-order valence-electron chi connectivity index (χ4n) is 1.38. The Balaban J connectivity index is 3.22. The third kappa shape index (κ3) is 2.96. The van der Waals surface area contributed by atoms with Gasteiger partial charge in [-0.2, -0.15) is 5.26 Å². The summed E-state index contributed by atoms with van der Waals surface area (Å²) >= 11 is 5.83. The number of carbonyl (C=O) groups excluding carboxylic acids is 1. The predicted molar refractivity (Wildman–Crippen MR) is 63.2 cm³/mol. The molecule has 0 unspecified atom stereocenters. The molecule has 0 bridgehead atoms. The number of nitro groups is 1. The first-order valence-corrected chi connectivity index (χ1v) is 5.40. The zero-order valence-electron chi connectivity index (χ0n) is 9.47. The normalized spacial score (nSPS) is 9.61. The molecular weight excluding hydrogens is 260 g/mol. The van der Waals surface area contributed by atoms with Gasteiger partial charge < -0.3 is 4.74 Å². The lowest BCUT2D eigenvalue weighted by molar-refractivity contribution is -0.384. The molecule has 1 rings (SSSR count). The van der Waals surface area contributed by atoms with E-state index in [0.29, 0.717) is 0 Å². The van der Waals surface area contributed by atoms with Crippen molar-refractivity contribution >= 4 is 23.3 Å². The van der Waals surface area contributed by atoms with Crippen LogP contribution in [0.4, 0.5) is 5.69 Å². The highest BCUT2D eigenvalue weighted by atomic mass is 35.5. The molecule has 0 aromatic heterocycles. The van der Waals surface area contributed by atoms with E-state index in [1.54, 1.807) is 6.92 Å². The Kier molecular flexibility index (Phi) is 4.63. The van der Waals surface area contributed by atoms with E-state index in [-0.39, 0.29) is 34.9 Å². The average Bonchev–Trinajstić information content (AvgIpc) is 2.31. The van der Waals surface area contributed by atoms with Crippen LogP contribution in [-0.2, 0) is 16.0 Å². The maximum atomic E-state index is 11.4. The van der Waals surface area contributed by atoms with Crippen LogP contribution in [-0.4, -0.2) is 17.5 Å². The van der Waals surface area contributed by atoms with Gasteiger partial charge in [0, 0.05) is 11.6 Å². The van der Waals surface area contributed by atoms with E-state index in [9.17, 15) is 14.9 Å². The summed E-state index contributed by atoms with van der Waals surface area (Å²) in [6.07, 6.45) is -0.267. The number of esters is 1. The molecule has 0 heterocycles. The van der Waals surface area contributed by atoms with Crippen molar-refractivity contribution in [3.05, 3.63) is 38.4 Å². The van der Waals surface area contributed by atoms with Gasteiger partial charge in [0.1, 0.15) is 5.02 Å². The minimum atomic E-state index is -0.669. The minimum Gasteiger partial charge on any atom is -0.466 e. The molecule has 0 amide bonds. The zero-order valence-corrected chi connectivity index (χ0v) is 10.2. The number of nitriles is 1. The number of carbonyl (C=O) groups is 1. The molecule has 0 atom stereocenters. The second-order valence-electron chi connectivity index (χ2n) is 3.28. The van der Waals surface area contributed by atoms with E-state index >= 15 is 0 Å². The number of hydrogen-bond acceptors (Lipinski definition) is 5. The molecule has 0 saturated carbocycles. The first-order valence-electron chi connectivity index (χ1n) is 5.02. The minimum absolute atomic E-state index is 0.117. The lowest BCUT2D eigenvalue weighted by Crippen LogP contribution is -2.09. The lowest BCUT2D eigenvalue weighted by Gasteiger charge is -2.06. The molecule has 6 nitrogen and oxygen atoms in total. The maximum absolute atomic E-state index is 11.4. The van der Waals surface area contributed by atoms with E-state index in [2.05, 4.69) is 0 Å². The van der Waals surface area contributed by atoms with Crippen LogP contribution in [0.2, 0.25) is 5.02 Å². The van der Waals surface area contributed by atoms with Gasteiger partial charge in [0.05, 0.1) is 29.6 Å². The molecule has 18 heavy (non-hydrogen) atoms. The number of hydrogen-bond donors (Lipinski definition) is 0. The Bertz CT molecular complexity index is 537. The Hall–Kier alpha value is -2.13. The zero-order chi connectivity index (χ0) is 13.7. The lowest BCUT2D eigenvalue weighted by atomic mass is 10.0. The van der Waals surface area contributed by atoms with Crippen LogP contribution >= 0.6 is 11.6 Å². The van der Waals surface area contributed by atoms with Crippen LogP contribution in [0.5, 0.6) is 0 Å². The molecule has 0 radical (unpaired) electrons. The number of benzene rings is 1. The molecule has 0 aliphatic carbocycles. The average molecular weight is 269 g/mol. The Morgan fingerprint density at radius 3 is 2.78 bits per heavy atom. The molecular formula is C11H9ClN2O4. The Morgan fingerprint density at radius 1 is 1.61 bits per heavy atom. The second-order valence-corrected chi connectivity index (χ2v) is 3.65. The van der Waals surface area contributed by atoms with Crippen molar-refractivity contribution in [3.63, 3.8) is 0 Å². The van der Waals surface area contributed by atoms with E-state index in [4.69, 9.17) is 21.6 Å². The Morgan fingerprint density at radius 2 is 2.28 bits per heavy atom. The monoisotopic (exact) mass is 268 g/mol.